The van der Waals surface area contributed by atoms with Crippen LogP contribution in [0.2, 0.25) is 0 Å². The lowest BCUT2D eigenvalue weighted by molar-refractivity contribution is -0.137. The summed E-state index contributed by atoms with van der Waals surface area (Å²) in [6, 6.07) is 0.598. The standard InChI is InChI=1S/C19H33N3O2/c1-13-10-14(11-20)12-22(13)19(24)16-6-8-17(9-7-16)21-18(23)15-4-2-3-5-15/h13-17H,2-12,20H2,1H3,(H,21,23). The fourth-order valence-corrected chi connectivity index (χ4v) is 4.85. The highest BCUT2D eigenvalue weighted by molar-refractivity contribution is 5.80. The summed E-state index contributed by atoms with van der Waals surface area (Å²) in [6.07, 6.45) is 9.22. The smallest absolute Gasteiger partial charge is 0.225 e. The SMILES string of the molecule is CC1CC(CN)CN1C(=O)C1CCC(NC(=O)C2CCCC2)CC1. The Balaban J connectivity index is 1.44. The maximum absolute atomic E-state index is 12.8. The molecule has 3 fully saturated rings. The summed E-state index contributed by atoms with van der Waals surface area (Å²) >= 11 is 0. The average Bonchev–Trinajstić information content (AvgIpc) is 3.24. The highest BCUT2D eigenvalue weighted by Crippen LogP contribution is 2.31. The van der Waals surface area contributed by atoms with E-state index >= 15 is 0 Å². The number of rotatable bonds is 4. The third kappa shape index (κ3) is 3.93. The molecule has 2 aliphatic carbocycles. The third-order valence-corrected chi connectivity index (χ3v) is 6.43. The Labute approximate surface area is 145 Å². The summed E-state index contributed by atoms with van der Waals surface area (Å²) in [5.74, 6) is 1.41. The Kier molecular flexibility index (Phi) is 5.80. The van der Waals surface area contributed by atoms with Crippen LogP contribution < -0.4 is 11.1 Å². The fourth-order valence-electron chi connectivity index (χ4n) is 4.85. The van der Waals surface area contributed by atoms with Gasteiger partial charge in [0.15, 0.2) is 0 Å². The molecule has 2 unspecified atom stereocenters. The van der Waals surface area contributed by atoms with Gasteiger partial charge < -0.3 is 16.0 Å². The quantitative estimate of drug-likeness (QED) is 0.825. The van der Waals surface area contributed by atoms with Gasteiger partial charge in [0.2, 0.25) is 11.8 Å². The first-order valence-corrected chi connectivity index (χ1v) is 9.89. The number of nitrogens with zero attached hydrogens (tertiary/aromatic N) is 1. The van der Waals surface area contributed by atoms with Crippen molar-refractivity contribution in [3.63, 3.8) is 0 Å². The van der Waals surface area contributed by atoms with E-state index < -0.39 is 0 Å². The van der Waals surface area contributed by atoms with Gasteiger partial charge in [-0.3, -0.25) is 9.59 Å². The molecule has 2 saturated carbocycles. The highest BCUT2D eigenvalue weighted by atomic mass is 16.2. The Hall–Kier alpha value is -1.10. The Morgan fingerprint density at radius 2 is 1.71 bits per heavy atom. The molecule has 0 aromatic rings. The molecule has 2 atom stereocenters. The molecule has 136 valence electrons. The van der Waals surface area contributed by atoms with Crippen LogP contribution in [0.3, 0.4) is 0 Å². The predicted molar refractivity (Wildman–Crippen MR) is 94.2 cm³/mol. The van der Waals surface area contributed by atoms with Crippen LogP contribution in [0.5, 0.6) is 0 Å². The van der Waals surface area contributed by atoms with Gasteiger partial charge in [0.25, 0.3) is 0 Å². The summed E-state index contributed by atoms with van der Waals surface area (Å²) in [7, 11) is 0. The molecule has 3 rings (SSSR count). The highest BCUT2D eigenvalue weighted by Gasteiger charge is 2.37. The molecule has 0 radical (unpaired) electrons. The lowest BCUT2D eigenvalue weighted by Gasteiger charge is -2.33. The maximum Gasteiger partial charge on any atom is 0.225 e. The second kappa shape index (κ2) is 7.85. The van der Waals surface area contributed by atoms with Gasteiger partial charge in [0, 0.05) is 30.5 Å². The molecular weight excluding hydrogens is 302 g/mol. The van der Waals surface area contributed by atoms with Gasteiger partial charge in [0.1, 0.15) is 0 Å². The van der Waals surface area contributed by atoms with E-state index in [2.05, 4.69) is 17.1 Å². The van der Waals surface area contributed by atoms with E-state index in [1.807, 2.05) is 0 Å². The van der Waals surface area contributed by atoms with E-state index in [-0.39, 0.29) is 23.8 Å². The number of carbonyl (C=O) groups excluding carboxylic acids is 2. The Morgan fingerprint density at radius 1 is 1.04 bits per heavy atom. The first-order valence-electron chi connectivity index (χ1n) is 9.89. The zero-order chi connectivity index (χ0) is 17.1. The average molecular weight is 335 g/mol. The number of amides is 2. The van der Waals surface area contributed by atoms with Gasteiger partial charge in [-0.25, -0.2) is 0 Å². The van der Waals surface area contributed by atoms with Crippen LogP contribution in [0, 0.1) is 17.8 Å². The van der Waals surface area contributed by atoms with Crippen LogP contribution in [-0.2, 0) is 9.59 Å². The topological polar surface area (TPSA) is 75.4 Å². The van der Waals surface area contributed by atoms with Crippen molar-refractivity contribution < 1.29 is 9.59 Å². The Morgan fingerprint density at radius 3 is 2.29 bits per heavy atom. The largest absolute Gasteiger partial charge is 0.353 e. The lowest BCUT2D eigenvalue weighted by atomic mass is 9.84. The first-order chi connectivity index (χ1) is 11.6. The first kappa shape index (κ1) is 17.7. The molecule has 5 nitrogen and oxygen atoms in total. The van der Waals surface area contributed by atoms with Crippen molar-refractivity contribution in [2.75, 3.05) is 13.1 Å². The summed E-state index contributed by atoms with van der Waals surface area (Å²) in [4.78, 5) is 27.1. The molecule has 0 aromatic heterocycles. The number of nitrogens with two attached hydrogens (primary N) is 1. The second-order valence-corrected chi connectivity index (χ2v) is 8.22. The lowest BCUT2D eigenvalue weighted by Crippen LogP contribution is -2.44. The molecule has 2 amide bonds. The molecule has 1 saturated heterocycles. The molecule has 24 heavy (non-hydrogen) atoms. The predicted octanol–water partition coefficient (Wildman–Crippen LogP) is 2.05. The van der Waals surface area contributed by atoms with E-state index in [0.29, 0.717) is 24.4 Å². The third-order valence-electron chi connectivity index (χ3n) is 6.43. The molecule has 3 aliphatic rings. The van der Waals surface area contributed by atoms with E-state index in [1.165, 1.54) is 12.8 Å². The Bertz CT molecular complexity index is 454. The molecule has 3 N–H and O–H groups in total. The number of hydrogen-bond acceptors (Lipinski definition) is 3. The van der Waals surface area contributed by atoms with Gasteiger partial charge in [-0.05, 0) is 64.3 Å². The van der Waals surface area contributed by atoms with E-state index in [4.69, 9.17) is 5.73 Å². The monoisotopic (exact) mass is 335 g/mol. The van der Waals surface area contributed by atoms with Crippen molar-refractivity contribution in [1.82, 2.24) is 10.2 Å². The van der Waals surface area contributed by atoms with Crippen LogP contribution in [0.15, 0.2) is 0 Å². The normalized spacial score (nSPS) is 34.5. The molecule has 1 aliphatic heterocycles. The van der Waals surface area contributed by atoms with E-state index in [9.17, 15) is 9.59 Å². The van der Waals surface area contributed by atoms with Crippen LogP contribution in [-0.4, -0.2) is 41.9 Å². The van der Waals surface area contributed by atoms with Crippen LogP contribution in [0.4, 0.5) is 0 Å². The van der Waals surface area contributed by atoms with Gasteiger partial charge in [-0.15, -0.1) is 0 Å². The number of likely N-dealkylation sites (tertiary alicyclic amines) is 1. The van der Waals surface area contributed by atoms with Crippen molar-refractivity contribution >= 4 is 11.8 Å². The van der Waals surface area contributed by atoms with Gasteiger partial charge in [-0.1, -0.05) is 12.8 Å². The molecule has 5 heteroatoms. The zero-order valence-corrected chi connectivity index (χ0v) is 15.0. The second-order valence-electron chi connectivity index (χ2n) is 8.22. The summed E-state index contributed by atoms with van der Waals surface area (Å²) < 4.78 is 0. The van der Waals surface area contributed by atoms with Crippen molar-refractivity contribution in [2.24, 2.45) is 23.5 Å². The van der Waals surface area contributed by atoms with Crippen LogP contribution >= 0.6 is 0 Å². The number of nitrogens with one attached hydrogen (secondary N) is 1. The summed E-state index contributed by atoms with van der Waals surface area (Å²) in [5.41, 5.74) is 5.77. The minimum Gasteiger partial charge on any atom is -0.353 e. The van der Waals surface area contributed by atoms with E-state index in [1.54, 1.807) is 0 Å². The minimum absolute atomic E-state index is 0.142. The van der Waals surface area contributed by atoms with Gasteiger partial charge >= 0.3 is 0 Å². The van der Waals surface area contributed by atoms with Crippen molar-refractivity contribution in [1.29, 1.82) is 0 Å². The molecule has 1 heterocycles. The summed E-state index contributed by atoms with van der Waals surface area (Å²) in [5, 5.41) is 3.23. The number of hydrogen-bond donors (Lipinski definition) is 2. The van der Waals surface area contributed by atoms with Gasteiger partial charge in [0.05, 0.1) is 0 Å². The molecule has 0 aromatic carbocycles. The zero-order valence-electron chi connectivity index (χ0n) is 15.0. The minimum atomic E-state index is 0.142. The molecule has 0 spiro atoms. The van der Waals surface area contributed by atoms with Crippen LogP contribution in [0.1, 0.15) is 64.7 Å². The summed E-state index contributed by atoms with van der Waals surface area (Å²) in [6.45, 7) is 3.64. The van der Waals surface area contributed by atoms with Crippen LogP contribution in [0.25, 0.3) is 0 Å². The molecular formula is C19H33N3O2. The fraction of sp³-hybridized carbons (Fsp3) is 0.895. The number of carbonyl (C=O) groups is 2. The van der Waals surface area contributed by atoms with Crippen molar-refractivity contribution in [3.8, 4) is 0 Å². The van der Waals surface area contributed by atoms with E-state index in [0.717, 1.165) is 51.5 Å². The van der Waals surface area contributed by atoms with Gasteiger partial charge in [-0.2, -0.15) is 0 Å². The van der Waals surface area contributed by atoms with Crippen molar-refractivity contribution in [2.45, 2.75) is 76.8 Å². The van der Waals surface area contributed by atoms with Crippen molar-refractivity contribution in [3.05, 3.63) is 0 Å². The maximum atomic E-state index is 12.8. The molecule has 0 bridgehead atoms.